The van der Waals surface area contributed by atoms with Gasteiger partial charge in [-0.3, -0.25) is 14.5 Å². The van der Waals surface area contributed by atoms with Gasteiger partial charge in [-0.2, -0.15) is 0 Å². The maximum Gasteiger partial charge on any atom is 0.248 e. The van der Waals surface area contributed by atoms with Gasteiger partial charge in [-0.25, -0.2) is 0 Å². The molecule has 3 heterocycles. The van der Waals surface area contributed by atoms with Crippen LogP contribution in [0.15, 0.2) is 72.1 Å². The van der Waals surface area contributed by atoms with Crippen LogP contribution in [0.2, 0.25) is 0 Å². The van der Waals surface area contributed by atoms with Gasteiger partial charge in [0.25, 0.3) is 0 Å². The van der Waals surface area contributed by atoms with Gasteiger partial charge < -0.3 is 14.5 Å². The van der Waals surface area contributed by atoms with Gasteiger partial charge in [-0.05, 0) is 41.5 Å². The average molecular weight is 504 g/mol. The highest BCUT2D eigenvalue weighted by Gasteiger charge is 2.34. The lowest BCUT2D eigenvalue weighted by molar-refractivity contribution is -0.146. The molecule has 1 saturated heterocycles. The second-order valence-electron chi connectivity index (χ2n) is 9.59. The molecule has 0 spiro atoms. The third-order valence-electron chi connectivity index (χ3n) is 7.16. The van der Waals surface area contributed by atoms with E-state index in [9.17, 15) is 9.59 Å². The molecule has 0 saturated carbocycles. The molecule has 2 aromatic carbocycles. The summed E-state index contributed by atoms with van der Waals surface area (Å²) in [6, 6.07) is 22.6. The highest BCUT2D eigenvalue weighted by atomic mass is 32.1. The third-order valence-corrected chi connectivity index (χ3v) is 8.15. The Labute approximate surface area is 217 Å². The summed E-state index contributed by atoms with van der Waals surface area (Å²) in [5.74, 6) is 0.115. The minimum absolute atomic E-state index is 0.0179. The SMILES string of the molecule is CC1CN(C(=O)CN2CCc3sccc3C2c2ccccc2)CCN1C(=O)COCc1ccccc1. The number of fused-ring (bicyclic) bond motifs is 1. The molecule has 0 radical (unpaired) electrons. The zero-order valence-electron chi connectivity index (χ0n) is 20.7. The van der Waals surface area contributed by atoms with Gasteiger partial charge in [0.2, 0.25) is 11.8 Å². The van der Waals surface area contributed by atoms with Crippen molar-refractivity contribution in [3.63, 3.8) is 0 Å². The Morgan fingerprint density at radius 3 is 2.44 bits per heavy atom. The predicted octanol–water partition coefficient (Wildman–Crippen LogP) is 3.97. The smallest absolute Gasteiger partial charge is 0.248 e. The molecule has 5 rings (SSSR count). The van der Waals surface area contributed by atoms with Crippen LogP contribution in [0.25, 0.3) is 0 Å². The second kappa shape index (κ2) is 11.4. The number of piperazine rings is 1. The fraction of sp³-hybridized carbons (Fsp3) is 0.379. The summed E-state index contributed by atoms with van der Waals surface area (Å²) in [4.78, 5) is 33.7. The monoisotopic (exact) mass is 503 g/mol. The number of ether oxygens (including phenoxy) is 1. The number of rotatable bonds is 7. The molecule has 2 aliphatic heterocycles. The first-order valence-corrected chi connectivity index (χ1v) is 13.5. The number of thiophene rings is 1. The van der Waals surface area contributed by atoms with Crippen molar-refractivity contribution in [2.45, 2.75) is 32.0 Å². The van der Waals surface area contributed by atoms with Crippen molar-refractivity contribution in [3.8, 4) is 0 Å². The Bertz CT molecular complexity index is 1170. The molecule has 6 nitrogen and oxygen atoms in total. The van der Waals surface area contributed by atoms with Gasteiger partial charge in [0, 0.05) is 37.1 Å². The summed E-state index contributed by atoms with van der Waals surface area (Å²) in [5.41, 5.74) is 3.60. The summed E-state index contributed by atoms with van der Waals surface area (Å²) >= 11 is 1.81. The van der Waals surface area contributed by atoms with Gasteiger partial charge in [-0.15, -0.1) is 11.3 Å². The van der Waals surface area contributed by atoms with Crippen LogP contribution in [0.4, 0.5) is 0 Å². The van der Waals surface area contributed by atoms with E-state index in [4.69, 9.17) is 4.74 Å². The fourth-order valence-corrected chi connectivity index (χ4v) is 6.21. The molecule has 2 unspecified atom stereocenters. The van der Waals surface area contributed by atoms with Crippen molar-refractivity contribution in [1.82, 2.24) is 14.7 Å². The van der Waals surface area contributed by atoms with E-state index in [0.29, 0.717) is 32.8 Å². The zero-order valence-corrected chi connectivity index (χ0v) is 21.5. The summed E-state index contributed by atoms with van der Waals surface area (Å²) in [6.07, 6.45) is 0.977. The Morgan fingerprint density at radius 1 is 0.944 bits per heavy atom. The van der Waals surface area contributed by atoms with E-state index in [-0.39, 0.29) is 30.5 Å². The zero-order chi connectivity index (χ0) is 24.9. The van der Waals surface area contributed by atoms with Gasteiger partial charge in [0.05, 0.1) is 19.2 Å². The molecule has 2 atom stereocenters. The first-order valence-electron chi connectivity index (χ1n) is 12.6. The molecule has 0 bridgehead atoms. The number of benzene rings is 2. The first-order chi connectivity index (χ1) is 17.6. The Hall–Kier alpha value is -3.00. The Kier molecular flexibility index (Phi) is 7.80. The van der Waals surface area contributed by atoms with Crippen molar-refractivity contribution >= 4 is 23.2 Å². The maximum absolute atomic E-state index is 13.4. The average Bonchev–Trinajstić information content (AvgIpc) is 3.38. The Balaban J connectivity index is 1.17. The topological polar surface area (TPSA) is 53.1 Å². The fourth-order valence-electron chi connectivity index (χ4n) is 5.31. The lowest BCUT2D eigenvalue weighted by atomic mass is 9.93. The van der Waals surface area contributed by atoms with Crippen molar-refractivity contribution in [2.24, 2.45) is 0 Å². The number of hydrogen-bond acceptors (Lipinski definition) is 5. The van der Waals surface area contributed by atoms with Crippen LogP contribution in [-0.4, -0.2) is 71.9 Å². The van der Waals surface area contributed by atoms with Gasteiger partial charge >= 0.3 is 0 Å². The molecular weight excluding hydrogens is 470 g/mol. The number of carbonyl (C=O) groups is 2. The van der Waals surface area contributed by atoms with Gasteiger partial charge in [0.1, 0.15) is 6.61 Å². The molecule has 0 aliphatic carbocycles. The maximum atomic E-state index is 13.4. The van der Waals surface area contributed by atoms with Crippen molar-refractivity contribution < 1.29 is 14.3 Å². The van der Waals surface area contributed by atoms with E-state index in [1.165, 1.54) is 16.0 Å². The Morgan fingerprint density at radius 2 is 1.69 bits per heavy atom. The molecule has 1 fully saturated rings. The summed E-state index contributed by atoms with van der Waals surface area (Å²) in [6.45, 7) is 5.39. The van der Waals surface area contributed by atoms with Crippen LogP contribution in [0.3, 0.4) is 0 Å². The number of carbonyl (C=O) groups excluding carboxylic acids is 2. The van der Waals surface area contributed by atoms with E-state index < -0.39 is 0 Å². The van der Waals surface area contributed by atoms with E-state index in [0.717, 1.165) is 18.5 Å². The van der Waals surface area contributed by atoms with Gasteiger partial charge in [-0.1, -0.05) is 60.7 Å². The summed E-state index contributed by atoms with van der Waals surface area (Å²) in [7, 11) is 0. The lowest BCUT2D eigenvalue weighted by Gasteiger charge is -2.42. The summed E-state index contributed by atoms with van der Waals surface area (Å²) in [5, 5.41) is 2.16. The molecule has 1 aromatic heterocycles. The molecule has 188 valence electrons. The molecule has 0 N–H and O–H groups in total. The van der Waals surface area contributed by atoms with E-state index in [1.807, 2.05) is 64.5 Å². The minimum atomic E-state index is -0.0368. The highest BCUT2D eigenvalue weighted by molar-refractivity contribution is 7.10. The summed E-state index contributed by atoms with van der Waals surface area (Å²) < 4.78 is 5.66. The van der Waals surface area contributed by atoms with Crippen LogP contribution in [0.5, 0.6) is 0 Å². The quantitative estimate of drug-likeness (QED) is 0.490. The van der Waals surface area contributed by atoms with E-state index in [2.05, 4.69) is 40.6 Å². The normalized spacial score (nSPS) is 20.2. The van der Waals surface area contributed by atoms with Crippen LogP contribution < -0.4 is 0 Å². The highest BCUT2D eigenvalue weighted by Crippen LogP contribution is 2.37. The number of nitrogens with zero attached hydrogens (tertiary/aromatic N) is 3. The molecule has 36 heavy (non-hydrogen) atoms. The molecular formula is C29H33N3O3S. The van der Waals surface area contributed by atoms with Gasteiger partial charge in [0.15, 0.2) is 0 Å². The molecule has 2 aliphatic rings. The standard InChI is InChI=1S/C29H33N3O3S/c1-22-18-30(15-16-32(22)28(34)21-35-20-23-8-4-2-5-9-23)27(33)19-31-14-12-26-25(13-17-36-26)29(31)24-10-6-3-7-11-24/h2-11,13,17,22,29H,12,14-16,18-21H2,1H3. The lowest BCUT2D eigenvalue weighted by Crippen LogP contribution is -2.57. The molecule has 7 heteroatoms. The number of amides is 2. The van der Waals surface area contributed by atoms with Crippen molar-refractivity contribution in [1.29, 1.82) is 0 Å². The van der Waals surface area contributed by atoms with Crippen molar-refractivity contribution in [3.05, 3.63) is 93.7 Å². The van der Waals surface area contributed by atoms with Crippen LogP contribution in [0, 0.1) is 0 Å². The number of hydrogen-bond donors (Lipinski definition) is 0. The van der Waals surface area contributed by atoms with Crippen LogP contribution in [-0.2, 0) is 27.4 Å². The molecule has 2 amide bonds. The van der Waals surface area contributed by atoms with E-state index in [1.54, 1.807) is 0 Å². The van der Waals surface area contributed by atoms with Crippen LogP contribution in [0.1, 0.15) is 34.5 Å². The minimum Gasteiger partial charge on any atom is -0.367 e. The van der Waals surface area contributed by atoms with Crippen molar-refractivity contribution in [2.75, 3.05) is 39.3 Å². The second-order valence-corrected chi connectivity index (χ2v) is 10.6. The molecule has 3 aromatic rings. The largest absolute Gasteiger partial charge is 0.367 e. The van der Waals surface area contributed by atoms with Crippen LogP contribution >= 0.6 is 11.3 Å². The van der Waals surface area contributed by atoms with E-state index >= 15 is 0 Å². The first kappa shape index (κ1) is 24.7. The third kappa shape index (κ3) is 5.53. The predicted molar refractivity (Wildman–Crippen MR) is 142 cm³/mol.